The van der Waals surface area contributed by atoms with Crippen molar-refractivity contribution < 1.29 is 4.79 Å². The van der Waals surface area contributed by atoms with Gasteiger partial charge in [-0.2, -0.15) is 0 Å². The summed E-state index contributed by atoms with van der Waals surface area (Å²) in [4.78, 5) is 11.9. The molecule has 1 N–H and O–H groups in total. The molecule has 1 amide bonds. The maximum atomic E-state index is 11.9. The fourth-order valence-corrected chi connectivity index (χ4v) is 4.58. The van der Waals surface area contributed by atoms with Gasteiger partial charge in [-0.1, -0.05) is 54.5 Å². The lowest BCUT2D eigenvalue weighted by Crippen LogP contribution is -2.31. The van der Waals surface area contributed by atoms with E-state index in [1.54, 1.807) is 0 Å². The molecule has 110 valence electrons. The van der Waals surface area contributed by atoms with Crippen LogP contribution in [0.15, 0.2) is 0 Å². The van der Waals surface area contributed by atoms with Crippen LogP contribution >= 0.6 is 15.9 Å². The third-order valence-corrected chi connectivity index (χ3v) is 5.91. The quantitative estimate of drug-likeness (QED) is 0.724. The summed E-state index contributed by atoms with van der Waals surface area (Å²) in [6.07, 6.45) is 12.7. The largest absolute Gasteiger partial charge is 0.356 e. The Bertz CT molecular complexity index is 276. The Labute approximate surface area is 126 Å². The average molecular weight is 330 g/mol. The molecule has 2 nitrogen and oxygen atoms in total. The predicted octanol–water partition coefficient (Wildman–Crippen LogP) is 4.27. The van der Waals surface area contributed by atoms with Crippen molar-refractivity contribution in [2.45, 2.75) is 64.2 Å². The van der Waals surface area contributed by atoms with Crippen LogP contribution in [0, 0.1) is 17.8 Å². The van der Waals surface area contributed by atoms with E-state index < -0.39 is 0 Å². The Hall–Kier alpha value is -0.0500. The number of carbonyl (C=O) groups excluding carboxylic acids is 1. The highest BCUT2D eigenvalue weighted by atomic mass is 79.9. The average Bonchev–Trinajstić information content (AvgIpc) is 2.91. The normalized spacial score (nSPS) is 28.5. The zero-order chi connectivity index (χ0) is 13.5. The van der Waals surface area contributed by atoms with E-state index in [1.807, 2.05) is 0 Å². The SMILES string of the molecule is O=C(CCC1CCCCC1)NCC1CCCC1CBr. The number of hydrogen-bond donors (Lipinski definition) is 1. The molecule has 2 aliphatic carbocycles. The summed E-state index contributed by atoms with van der Waals surface area (Å²) in [5, 5.41) is 4.26. The van der Waals surface area contributed by atoms with E-state index in [0.29, 0.717) is 5.92 Å². The van der Waals surface area contributed by atoms with Crippen molar-refractivity contribution in [1.29, 1.82) is 0 Å². The smallest absolute Gasteiger partial charge is 0.220 e. The molecular weight excluding hydrogens is 302 g/mol. The second kappa shape index (κ2) is 8.28. The first-order valence-electron chi connectivity index (χ1n) is 8.12. The van der Waals surface area contributed by atoms with Gasteiger partial charge in [-0.15, -0.1) is 0 Å². The molecule has 0 aliphatic heterocycles. The van der Waals surface area contributed by atoms with Crippen molar-refractivity contribution in [3.63, 3.8) is 0 Å². The van der Waals surface area contributed by atoms with Crippen LogP contribution in [0.4, 0.5) is 0 Å². The lowest BCUT2D eigenvalue weighted by Gasteiger charge is -2.21. The van der Waals surface area contributed by atoms with Crippen molar-refractivity contribution in [1.82, 2.24) is 5.32 Å². The van der Waals surface area contributed by atoms with E-state index in [1.165, 1.54) is 51.4 Å². The molecule has 3 heteroatoms. The molecule has 2 aliphatic rings. The molecule has 2 fully saturated rings. The Kier molecular flexibility index (Phi) is 6.69. The summed E-state index contributed by atoms with van der Waals surface area (Å²) in [6, 6.07) is 0. The van der Waals surface area contributed by atoms with Crippen LogP contribution in [0.2, 0.25) is 0 Å². The molecule has 0 saturated heterocycles. The number of hydrogen-bond acceptors (Lipinski definition) is 1. The minimum absolute atomic E-state index is 0.283. The zero-order valence-electron chi connectivity index (χ0n) is 12.0. The molecule has 2 atom stereocenters. The topological polar surface area (TPSA) is 29.1 Å². The molecule has 0 bridgehead atoms. The summed E-state index contributed by atoms with van der Waals surface area (Å²) >= 11 is 3.59. The van der Waals surface area contributed by atoms with Crippen LogP contribution in [0.3, 0.4) is 0 Å². The molecule has 2 saturated carbocycles. The van der Waals surface area contributed by atoms with Crippen LogP contribution < -0.4 is 5.32 Å². The van der Waals surface area contributed by atoms with Gasteiger partial charge in [-0.25, -0.2) is 0 Å². The Morgan fingerprint density at radius 2 is 1.74 bits per heavy atom. The predicted molar refractivity (Wildman–Crippen MR) is 83.4 cm³/mol. The number of carbonyl (C=O) groups is 1. The summed E-state index contributed by atoms with van der Waals surface area (Å²) in [7, 11) is 0. The van der Waals surface area contributed by atoms with E-state index >= 15 is 0 Å². The molecule has 2 unspecified atom stereocenters. The van der Waals surface area contributed by atoms with Crippen molar-refractivity contribution in [2.75, 3.05) is 11.9 Å². The van der Waals surface area contributed by atoms with Crippen molar-refractivity contribution >= 4 is 21.8 Å². The summed E-state index contributed by atoms with van der Waals surface area (Å²) in [6.45, 7) is 0.903. The molecule has 2 rings (SSSR count). The maximum Gasteiger partial charge on any atom is 0.220 e. The molecular formula is C16H28BrNO. The molecule has 19 heavy (non-hydrogen) atoms. The van der Waals surface area contributed by atoms with Gasteiger partial charge in [-0.05, 0) is 37.0 Å². The first-order valence-corrected chi connectivity index (χ1v) is 9.24. The Morgan fingerprint density at radius 1 is 1.00 bits per heavy atom. The number of rotatable bonds is 6. The van der Waals surface area contributed by atoms with Crippen LogP contribution in [0.1, 0.15) is 64.2 Å². The molecule has 0 aromatic rings. The lowest BCUT2D eigenvalue weighted by atomic mass is 9.86. The van der Waals surface area contributed by atoms with Crippen molar-refractivity contribution in [3.05, 3.63) is 0 Å². The van der Waals surface area contributed by atoms with Gasteiger partial charge < -0.3 is 5.32 Å². The van der Waals surface area contributed by atoms with E-state index in [4.69, 9.17) is 0 Å². The van der Waals surface area contributed by atoms with Crippen LogP contribution in [-0.4, -0.2) is 17.8 Å². The second-order valence-electron chi connectivity index (χ2n) is 6.45. The first-order chi connectivity index (χ1) is 9.29. The van der Waals surface area contributed by atoms with Gasteiger partial charge >= 0.3 is 0 Å². The highest BCUT2D eigenvalue weighted by Gasteiger charge is 2.26. The van der Waals surface area contributed by atoms with Gasteiger partial charge in [0.15, 0.2) is 0 Å². The third-order valence-electron chi connectivity index (χ3n) is 5.08. The van der Waals surface area contributed by atoms with Gasteiger partial charge in [0.2, 0.25) is 5.91 Å². The highest BCUT2D eigenvalue weighted by Crippen LogP contribution is 2.32. The Balaban J connectivity index is 1.58. The summed E-state index contributed by atoms with van der Waals surface area (Å²) < 4.78 is 0. The van der Waals surface area contributed by atoms with E-state index in [0.717, 1.165) is 36.6 Å². The second-order valence-corrected chi connectivity index (χ2v) is 7.10. The fourth-order valence-electron chi connectivity index (χ4n) is 3.73. The highest BCUT2D eigenvalue weighted by molar-refractivity contribution is 9.09. The van der Waals surface area contributed by atoms with Gasteiger partial charge in [0.1, 0.15) is 0 Å². The standard InChI is InChI=1S/C16H28BrNO/c17-11-14-7-4-8-15(14)12-18-16(19)10-9-13-5-2-1-3-6-13/h13-15H,1-12H2,(H,18,19). The zero-order valence-corrected chi connectivity index (χ0v) is 13.6. The lowest BCUT2D eigenvalue weighted by molar-refractivity contribution is -0.121. The number of alkyl halides is 1. The summed E-state index contributed by atoms with van der Waals surface area (Å²) in [5.41, 5.74) is 0. The molecule has 0 aromatic heterocycles. The molecule has 0 aromatic carbocycles. The van der Waals surface area contributed by atoms with Crippen LogP contribution in [-0.2, 0) is 4.79 Å². The van der Waals surface area contributed by atoms with E-state index in [9.17, 15) is 4.79 Å². The van der Waals surface area contributed by atoms with Crippen LogP contribution in [0.5, 0.6) is 0 Å². The van der Waals surface area contributed by atoms with Crippen molar-refractivity contribution in [2.24, 2.45) is 17.8 Å². The molecule has 0 heterocycles. The molecule has 0 spiro atoms. The third kappa shape index (κ3) is 5.09. The van der Waals surface area contributed by atoms with Crippen LogP contribution in [0.25, 0.3) is 0 Å². The van der Waals surface area contributed by atoms with Gasteiger partial charge in [0.25, 0.3) is 0 Å². The molecule has 0 radical (unpaired) electrons. The maximum absolute atomic E-state index is 11.9. The summed E-state index contributed by atoms with van der Waals surface area (Å²) in [5.74, 6) is 2.59. The van der Waals surface area contributed by atoms with Gasteiger partial charge in [0, 0.05) is 18.3 Å². The van der Waals surface area contributed by atoms with Crippen molar-refractivity contribution in [3.8, 4) is 0 Å². The van der Waals surface area contributed by atoms with Gasteiger partial charge in [-0.3, -0.25) is 4.79 Å². The van der Waals surface area contributed by atoms with Gasteiger partial charge in [0.05, 0.1) is 0 Å². The minimum atomic E-state index is 0.283. The van der Waals surface area contributed by atoms with E-state index in [2.05, 4.69) is 21.2 Å². The number of nitrogens with one attached hydrogen (secondary N) is 1. The number of halogens is 1. The Morgan fingerprint density at radius 3 is 2.47 bits per heavy atom. The number of amides is 1. The minimum Gasteiger partial charge on any atom is -0.356 e. The van der Waals surface area contributed by atoms with E-state index in [-0.39, 0.29) is 5.91 Å². The first kappa shape index (κ1) is 15.3. The fraction of sp³-hybridized carbons (Fsp3) is 0.938. The monoisotopic (exact) mass is 329 g/mol.